The van der Waals surface area contributed by atoms with Gasteiger partial charge >= 0.3 is 0 Å². The van der Waals surface area contributed by atoms with Crippen LogP contribution in [0.1, 0.15) is 0 Å². The maximum atomic E-state index is 13.0. The summed E-state index contributed by atoms with van der Waals surface area (Å²) in [6.07, 6.45) is -0.737. The van der Waals surface area contributed by atoms with Crippen LogP contribution in [0.5, 0.6) is 17.2 Å². The van der Waals surface area contributed by atoms with Gasteiger partial charge in [0.25, 0.3) is 5.91 Å². The molecule has 2 aliphatic heterocycles. The number of fused-ring (bicyclic) bond motifs is 1. The number of carbonyl (C=O) groups excluding carboxylic acids is 1. The average molecular weight is 463 g/mol. The molecule has 1 unspecified atom stereocenters. The molecule has 1 fully saturated rings. The fourth-order valence-electron chi connectivity index (χ4n) is 3.59. The molecule has 2 heterocycles. The van der Waals surface area contributed by atoms with Crippen molar-refractivity contribution in [3.63, 3.8) is 0 Å². The van der Waals surface area contributed by atoms with Crippen LogP contribution in [0.15, 0.2) is 53.4 Å². The minimum absolute atomic E-state index is 0.132. The fourth-order valence-corrected chi connectivity index (χ4v) is 5.02. The normalized spacial score (nSPS) is 18.9. The first-order chi connectivity index (χ1) is 15.5. The van der Waals surface area contributed by atoms with E-state index >= 15 is 0 Å². The highest BCUT2D eigenvalue weighted by molar-refractivity contribution is 7.89. The van der Waals surface area contributed by atoms with Crippen LogP contribution < -0.4 is 14.2 Å². The van der Waals surface area contributed by atoms with Crippen molar-refractivity contribution in [3.05, 3.63) is 48.5 Å². The van der Waals surface area contributed by atoms with Gasteiger partial charge in [-0.1, -0.05) is 12.1 Å². The Kier molecular flexibility index (Phi) is 6.83. The van der Waals surface area contributed by atoms with Gasteiger partial charge in [0.15, 0.2) is 11.5 Å². The third-order valence-corrected chi connectivity index (χ3v) is 7.26. The predicted octanol–water partition coefficient (Wildman–Crippen LogP) is 1.38. The third kappa shape index (κ3) is 4.82. The number of nitrogens with zero attached hydrogens (tertiary/aromatic N) is 2. The van der Waals surface area contributed by atoms with E-state index in [0.717, 1.165) is 0 Å². The zero-order valence-corrected chi connectivity index (χ0v) is 18.6. The van der Waals surface area contributed by atoms with E-state index in [0.29, 0.717) is 30.5 Å². The summed E-state index contributed by atoms with van der Waals surface area (Å²) in [6, 6.07) is 13.5. The lowest BCUT2D eigenvalue weighted by Crippen LogP contribution is -2.55. The third-order valence-electron chi connectivity index (χ3n) is 5.35. The van der Waals surface area contributed by atoms with Crippen molar-refractivity contribution >= 4 is 15.9 Å². The molecule has 0 N–H and O–H groups in total. The molecule has 0 saturated carbocycles. The maximum Gasteiger partial charge on any atom is 0.267 e. The second kappa shape index (κ2) is 9.76. The molecule has 2 aromatic carbocycles. The summed E-state index contributed by atoms with van der Waals surface area (Å²) in [7, 11) is -2.07. The number of sulfonamides is 1. The molecule has 10 heteroatoms. The first kappa shape index (κ1) is 22.4. The molecule has 0 spiro atoms. The summed E-state index contributed by atoms with van der Waals surface area (Å²) in [5, 5.41) is 0. The Bertz CT molecular complexity index is 1030. The molecule has 9 nitrogen and oxygen atoms in total. The van der Waals surface area contributed by atoms with Crippen molar-refractivity contribution in [2.45, 2.75) is 11.0 Å². The number of para-hydroxylation sites is 2. The summed E-state index contributed by atoms with van der Waals surface area (Å²) < 4.78 is 49.2. The van der Waals surface area contributed by atoms with E-state index in [2.05, 4.69) is 0 Å². The van der Waals surface area contributed by atoms with Crippen LogP contribution in [0.3, 0.4) is 0 Å². The minimum Gasteiger partial charge on any atom is -0.491 e. The highest BCUT2D eigenvalue weighted by atomic mass is 32.2. The highest BCUT2D eigenvalue weighted by Gasteiger charge is 2.35. The van der Waals surface area contributed by atoms with Gasteiger partial charge in [-0.05, 0) is 36.4 Å². The Labute approximate surface area is 187 Å². The summed E-state index contributed by atoms with van der Waals surface area (Å²) >= 11 is 0. The van der Waals surface area contributed by atoms with E-state index in [-0.39, 0.29) is 43.6 Å². The van der Waals surface area contributed by atoms with Gasteiger partial charge in [-0.2, -0.15) is 4.31 Å². The lowest BCUT2D eigenvalue weighted by molar-refractivity contribution is -0.142. The number of methoxy groups -OCH3 is 1. The Balaban J connectivity index is 1.33. The Morgan fingerprint density at radius 3 is 2.38 bits per heavy atom. The topological polar surface area (TPSA) is 94.6 Å². The molecule has 4 rings (SSSR count). The summed E-state index contributed by atoms with van der Waals surface area (Å²) in [5.74, 6) is 1.53. The zero-order valence-electron chi connectivity index (χ0n) is 17.8. The van der Waals surface area contributed by atoms with Gasteiger partial charge in [0, 0.05) is 33.3 Å². The van der Waals surface area contributed by atoms with Crippen molar-refractivity contribution in [2.75, 3.05) is 53.1 Å². The second-order valence-electron chi connectivity index (χ2n) is 7.41. The lowest BCUT2D eigenvalue weighted by Gasteiger charge is -2.36. The standard InChI is InChI=1S/C22H26N2O7S/c1-28-14-15-29-17-6-8-18(9-7-17)32(26,27)24-12-10-23(11-13-24)22(25)21-16-30-19-4-2-3-5-20(19)31-21/h2-9,21H,10-16H2,1H3. The summed E-state index contributed by atoms with van der Waals surface area (Å²) in [4.78, 5) is 14.7. The molecule has 1 atom stereocenters. The van der Waals surface area contributed by atoms with E-state index in [9.17, 15) is 13.2 Å². The van der Waals surface area contributed by atoms with Gasteiger partial charge in [-0.25, -0.2) is 8.42 Å². The lowest BCUT2D eigenvalue weighted by atomic mass is 10.2. The van der Waals surface area contributed by atoms with Gasteiger partial charge in [0.1, 0.15) is 19.0 Å². The number of ether oxygens (including phenoxy) is 4. The van der Waals surface area contributed by atoms with Crippen LogP contribution in [0.25, 0.3) is 0 Å². The number of piperazine rings is 1. The first-order valence-electron chi connectivity index (χ1n) is 10.4. The van der Waals surface area contributed by atoms with Crippen molar-refractivity contribution in [1.82, 2.24) is 9.21 Å². The molecule has 1 amide bonds. The molecular formula is C22H26N2O7S. The smallest absolute Gasteiger partial charge is 0.267 e. The fraction of sp³-hybridized carbons (Fsp3) is 0.409. The molecular weight excluding hydrogens is 436 g/mol. The molecule has 1 saturated heterocycles. The Morgan fingerprint density at radius 2 is 1.69 bits per heavy atom. The minimum atomic E-state index is -3.66. The van der Waals surface area contributed by atoms with E-state index in [4.69, 9.17) is 18.9 Å². The van der Waals surface area contributed by atoms with Crippen LogP contribution in [0.4, 0.5) is 0 Å². The zero-order chi connectivity index (χ0) is 22.6. The largest absolute Gasteiger partial charge is 0.491 e. The molecule has 2 aromatic rings. The summed E-state index contributed by atoms with van der Waals surface area (Å²) in [6.45, 7) is 1.98. The van der Waals surface area contributed by atoms with Crippen molar-refractivity contribution in [3.8, 4) is 17.2 Å². The van der Waals surface area contributed by atoms with E-state index in [1.165, 1.54) is 16.4 Å². The van der Waals surface area contributed by atoms with Crippen LogP contribution in [-0.2, 0) is 19.6 Å². The molecule has 0 bridgehead atoms. The Morgan fingerprint density at radius 1 is 1.00 bits per heavy atom. The SMILES string of the molecule is COCCOc1ccc(S(=O)(=O)N2CCN(C(=O)C3COc4ccccc4O3)CC2)cc1. The van der Waals surface area contributed by atoms with Crippen LogP contribution in [0.2, 0.25) is 0 Å². The maximum absolute atomic E-state index is 13.0. The van der Waals surface area contributed by atoms with Gasteiger partial charge < -0.3 is 23.8 Å². The number of carbonyl (C=O) groups is 1. The highest BCUT2D eigenvalue weighted by Crippen LogP contribution is 2.31. The molecule has 0 aliphatic carbocycles. The summed E-state index contributed by atoms with van der Waals surface area (Å²) in [5.41, 5.74) is 0. The molecule has 32 heavy (non-hydrogen) atoms. The van der Waals surface area contributed by atoms with Crippen LogP contribution in [0, 0.1) is 0 Å². The molecule has 0 aromatic heterocycles. The number of hydrogen-bond acceptors (Lipinski definition) is 7. The van der Waals surface area contributed by atoms with Gasteiger partial charge in [0.2, 0.25) is 16.1 Å². The Hall–Kier alpha value is -2.82. The number of benzene rings is 2. The van der Waals surface area contributed by atoms with Gasteiger partial charge in [0.05, 0.1) is 11.5 Å². The molecule has 172 valence electrons. The average Bonchev–Trinajstić information content (AvgIpc) is 2.84. The van der Waals surface area contributed by atoms with Gasteiger partial charge in [-0.3, -0.25) is 4.79 Å². The van der Waals surface area contributed by atoms with Crippen LogP contribution >= 0.6 is 0 Å². The van der Waals surface area contributed by atoms with E-state index < -0.39 is 16.1 Å². The number of rotatable bonds is 7. The van der Waals surface area contributed by atoms with Crippen molar-refractivity contribution < 1.29 is 32.2 Å². The second-order valence-corrected chi connectivity index (χ2v) is 9.34. The van der Waals surface area contributed by atoms with Gasteiger partial charge in [-0.15, -0.1) is 0 Å². The van der Waals surface area contributed by atoms with Crippen molar-refractivity contribution in [1.29, 1.82) is 0 Å². The predicted molar refractivity (Wildman–Crippen MR) is 116 cm³/mol. The number of amides is 1. The monoisotopic (exact) mass is 462 g/mol. The van der Waals surface area contributed by atoms with E-state index in [1.54, 1.807) is 36.3 Å². The number of hydrogen-bond donors (Lipinski definition) is 0. The molecule has 2 aliphatic rings. The van der Waals surface area contributed by atoms with E-state index in [1.807, 2.05) is 12.1 Å². The van der Waals surface area contributed by atoms with Crippen molar-refractivity contribution in [2.24, 2.45) is 0 Å². The molecule has 0 radical (unpaired) electrons. The quantitative estimate of drug-likeness (QED) is 0.574. The van der Waals surface area contributed by atoms with Crippen LogP contribution in [-0.4, -0.2) is 82.7 Å². The first-order valence-corrected chi connectivity index (χ1v) is 11.8.